The summed E-state index contributed by atoms with van der Waals surface area (Å²) < 4.78 is 18.7. The number of hydrogen-bond donors (Lipinski definition) is 2. The molecule has 2 N–H and O–H groups in total. The predicted molar refractivity (Wildman–Crippen MR) is 159 cm³/mol. The molecule has 3 heterocycles. The molecule has 41 heavy (non-hydrogen) atoms. The lowest BCUT2D eigenvalue weighted by Gasteiger charge is -2.36. The SMILES string of the molecule is CCC(Nc1ccc2c(c1)C1(OC(=O)c3ccccc31)c1ccccc1O2)c1occc1Nc1ccc(C)cc1C. The van der Waals surface area contributed by atoms with Crippen molar-refractivity contribution in [2.24, 2.45) is 0 Å². The molecule has 0 radical (unpaired) electrons. The molecular weight excluding hydrogens is 512 g/mol. The third-order valence-electron chi connectivity index (χ3n) is 8.03. The van der Waals surface area contributed by atoms with E-state index in [2.05, 4.69) is 49.6 Å². The van der Waals surface area contributed by atoms with Crippen molar-refractivity contribution in [1.82, 2.24) is 0 Å². The number of anilines is 3. The summed E-state index contributed by atoms with van der Waals surface area (Å²) in [4.78, 5) is 13.2. The largest absolute Gasteiger partial charge is 0.465 e. The van der Waals surface area contributed by atoms with E-state index in [9.17, 15) is 4.79 Å². The Morgan fingerprint density at radius 3 is 2.41 bits per heavy atom. The molecule has 7 rings (SSSR count). The number of nitrogens with one attached hydrogen (secondary N) is 2. The molecule has 5 aromatic rings. The van der Waals surface area contributed by atoms with Crippen LogP contribution in [-0.4, -0.2) is 5.97 Å². The van der Waals surface area contributed by atoms with E-state index < -0.39 is 5.60 Å². The molecule has 1 aromatic heterocycles. The number of furan rings is 1. The number of benzene rings is 4. The Balaban J connectivity index is 1.27. The minimum absolute atomic E-state index is 0.109. The fraction of sp³-hybridized carbons (Fsp3) is 0.171. The van der Waals surface area contributed by atoms with Gasteiger partial charge in [0.1, 0.15) is 17.3 Å². The van der Waals surface area contributed by atoms with E-state index in [0.717, 1.165) is 45.9 Å². The van der Waals surface area contributed by atoms with Crippen LogP contribution in [0.2, 0.25) is 0 Å². The monoisotopic (exact) mass is 542 g/mol. The molecule has 0 fully saturated rings. The summed E-state index contributed by atoms with van der Waals surface area (Å²) in [7, 11) is 0. The maximum Gasteiger partial charge on any atom is 0.340 e. The van der Waals surface area contributed by atoms with Gasteiger partial charge in [0.2, 0.25) is 0 Å². The average Bonchev–Trinajstić information content (AvgIpc) is 3.56. The van der Waals surface area contributed by atoms with Crippen LogP contribution in [0.5, 0.6) is 11.5 Å². The molecule has 2 unspecified atom stereocenters. The van der Waals surface area contributed by atoms with Crippen molar-refractivity contribution in [1.29, 1.82) is 0 Å². The van der Waals surface area contributed by atoms with Crippen molar-refractivity contribution in [3.8, 4) is 11.5 Å². The normalized spacial score (nSPS) is 17.2. The number of hydrogen-bond acceptors (Lipinski definition) is 6. The molecule has 0 saturated carbocycles. The summed E-state index contributed by atoms with van der Waals surface area (Å²) in [5.41, 5.74) is 7.09. The zero-order valence-electron chi connectivity index (χ0n) is 23.2. The number of carbonyl (C=O) groups excluding carboxylic acids is 1. The van der Waals surface area contributed by atoms with Gasteiger partial charge in [0.15, 0.2) is 5.60 Å². The molecule has 204 valence electrons. The van der Waals surface area contributed by atoms with Gasteiger partial charge in [-0.15, -0.1) is 0 Å². The fourth-order valence-electron chi connectivity index (χ4n) is 6.06. The number of carbonyl (C=O) groups is 1. The van der Waals surface area contributed by atoms with E-state index in [0.29, 0.717) is 17.1 Å². The first kappa shape index (κ1) is 25.0. The first-order valence-corrected chi connectivity index (χ1v) is 13.9. The van der Waals surface area contributed by atoms with E-state index in [-0.39, 0.29) is 12.0 Å². The standard InChI is InChI=1S/C35H30N2O4/c1-4-28(33-30(17-18-39-33)37-29-15-13-21(2)19-22(29)3)36-23-14-16-32-27(20-23)35(26-11-7-8-12-31(26)40-32)25-10-6-5-9-24(25)34(38)41-35/h5-20,28,36-37H,4H2,1-3H3. The van der Waals surface area contributed by atoms with Crippen LogP contribution in [-0.2, 0) is 10.3 Å². The first-order chi connectivity index (χ1) is 20.0. The third kappa shape index (κ3) is 3.98. The number of aryl methyl sites for hydroxylation is 2. The number of fused-ring (bicyclic) bond motifs is 6. The number of esters is 1. The zero-order chi connectivity index (χ0) is 28.1. The van der Waals surface area contributed by atoms with E-state index in [4.69, 9.17) is 13.9 Å². The molecular formula is C35H30N2O4. The molecule has 0 aliphatic carbocycles. The number of ether oxygens (including phenoxy) is 2. The minimum Gasteiger partial charge on any atom is -0.465 e. The second-order valence-electron chi connectivity index (χ2n) is 10.7. The highest BCUT2D eigenvalue weighted by Gasteiger charge is 2.53. The third-order valence-corrected chi connectivity index (χ3v) is 8.03. The van der Waals surface area contributed by atoms with Gasteiger partial charge in [-0.3, -0.25) is 0 Å². The Kier molecular flexibility index (Phi) is 5.86. The predicted octanol–water partition coefficient (Wildman–Crippen LogP) is 8.77. The second kappa shape index (κ2) is 9.59. The maximum absolute atomic E-state index is 13.2. The number of rotatable bonds is 6. The fourth-order valence-corrected chi connectivity index (χ4v) is 6.06. The van der Waals surface area contributed by atoms with Gasteiger partial charge in [-0.2, -0.15) is 0 Å². The van der Waals surface area contributed by atoms with Crippen molar-refractivity contribution in [3.63, 3.8) is 0 Å². The van der Waals surface area contributed by atoms with Gasteiger partial charge in [0, 0.05) is 34.1 Å². The van der Waals surface area contributed by atoms with E-state index in [1.54, 1.807) is 6.26 Å². The lowest BCUT2D eigenvalue weighted by atomic mass is 9.77. The first-order valence-electron chi connectivity index (χ1n) is 13.9. The van der Waals surface area contributed by atoms with Crippen LogP contribution in [0.15, 0.2) is 102 Å². The van der Waals surface area contributed by atoms with Crippen LogP contribution in [0.4, 0.5) is 17.1 Å². The van der Waals surface area contributed by atoms with Gasteiger partial charge in [-0.05, 0) is 62.2 Å². The van der Waals surface area contributed by atoms with Gasteiger partial charge in [0.05, 0.1) is 23.6 Å². The Morgan fingerprint density at radius 2 is 1.59 bits per heavy atom. The van der Waals surface area contributed by atoms with Crippen LogP contribution >= 0.6 is 0 Å². The molecule has 2 aliphatic heterocycles. The van der Waals surface area contributed by atoms with Crippen molar-refractivity contribution in [3.05, 3.63) is 136 Å². The van der Waals surface area contributed by atoms with Gasteiger partial charge < -0.3 is 24.5 Å². The van der Waals surface area contributed by atoms with Gasteiger partial charge in [-0.1, -0.05) is 61.0 Å². The summed E-state index contributed by atoms with van der Waals surface area (Å²) in [6.07, 6.45) is 2.50. The average molecular weight is 543 g/mol. The van der Waals surface area contributed by atoms with Crippen LogP contribution < -0.4 is 15.4 Å². The van der Waals surface area contributed by atoms with Crippen molar-refractivity contribution in [2.45, 2.75) is 38.8 Å². The smallest absolute Gasteiger partial charge is 0.340 e. The van der Waals surface area contributed by atoms with E-state index >= 15 is 0 Å². The molecule has 6 heteroatoms. The second-order valence-corrected chi connectivity index (χ2v) is 10.7. The highest BCUT2D eigenvalue weighted by Crippen LogP contribution is 2.56. The minimum atomic E-state index is -1.10. The Labute approximate surface area is 238 Å². The van der Waals surface area contributed by atoms with Crippen molar-refractivity contribution >= 4 is 23.0 Å². The molecule has 4 aromatic carbocycles. The topological polar surface area (TPSA) is 72.7 Å². The molecule has 6 nitrogen and oxygen atoms in total. The van der Waals surface area contributed by atoms with Gasteiger partial charge in [0.25, 0.3) is 0 Å². The quantitative estimate of drug-likeness (QED) is 0.209. The van der Waals surface area contributed by atoms with Gasteiger partial charge >= 0.3 is 5.97 Å². The Bertz CT molecular complexity index is 1810. The molecule has 2 aliphatic rings. The van der Waals surface area contributed by atoms with Crippen LogP contribution in [0.1, 0.15) is 63.3 Å². The van der Waals surface area contributed by atoms with Crippen molar-refractivity contribution < 1.29 is 18.7 Å². The van der Waals surface area contributed by atoms with E-state index in [1.165, 1.54) is 11.1 Å². The highest BCUT2D eigenvalue weighted by molar-refractivity contribution is 5.97. The summed E-state index contributed by atoms with van der Waals surface area (Å²) >= 11 is 0. The summed E-state index contributed by atoms with van der Waals surface area (Å²) in [6.45, 7) is 6.31. The maximum atomic E-state index is 13.2. The van der Waals surface area contributed by atoms with Crippen LogP contribution in [0.25, 0.3) is 0 Å². The number of para-hydroxylation sites is 1. The zero-order valence-corrected chi connectivity index (χ0v) is 23.2. The lowest BCUT2D eigenvalue weighted by molar-refractivity contribution is 0.0224. The van der Waals surface area contributed by atoms with E-state index in [1.807, 2.05) is 72.8 Å². The highest BCUT2D eigenvalue weighted by atomic mass is 16.6. The van der Waals surface area contributed by atoms with Crippen LogP contribution in [0, 0.1) is 13.8 Å². The van der Waals surface area contributed by atoms with Crippen molar-refractivity contribution in [2.75, 3.05) is 10.6 Å². The molecule has 2 atom stereocenters. The summed E-state index contributed by atoms with van der Waals surface area (Å²) in [5, 5.41) is 7.22. The summed E-state index contributed by atoms with van der Waals surface area (Å²) in [5.74, 6) is 1.81. The van der Waals surface area contributed by atoms with Gasteiger partial charge in [-0.25, -0.2) is 4.79 Å². The molecule has 0 saturated heterocycles. The van der Waals surface area contributed by atoms with Crippen LogP contribution in [0.3, 0.4) is 0 Å². The molecule has 0 bridgehead atoms. The molecule has 0 amide bonds. The summed E-state index contributed by atoms with van der Waals surface area (Å²) in [6, 6.07) is 29.5. The molecule has 1 spiro atoms. The Morgan fingerprint density at radius 1 is 0.805 bits per heavy atom. The lowest BCUT2D eigenvalue weighted by Crippen LogP contribution is -2.33. The Hall–Kier alpha value is -4.97.